The summed E-state index contributed by atoms with van der Waals surface area (Å²) in [6, 6.07) is 5.51. The lowest BCUT2D eigenvalue weighted by atomic mass is 9.89. The molecule has 0 spiro atoms. The molecule has 4 heteroatoms. The Morgan fingerprint density at radius 1 is 1.39 bits per heavy atom. The minimum absolute atomic E-state index is 0.183. The van der Waals surface area contributed by atoms with Crippen LogP contribution in [0.25, 0.3) is 0 Å². The van der Waals surface area contributed by atoms with Crippen LogP contribution in [-0.4, -0.2) is 23.9 Å². The average molecular weight is 289 g/mol. The highest BCUT2D eigenvalue weighted by Crippen LogP contribution is 2.29. The Bertz CT molecular complexity index is 409. The number of benzene rings is 1. The highest BCUT2D eigenvalue weighted by molar-refractivity contribution is 6.42. The van der Waals surface area contributed by atoms with Gasteiger partial charge in [-0.1, -0.05) is 36.2 Å². The Morgan fingerprint density at radius 2 is 2.17 bits per heavy atom. The van der Waals surface area contributed by atoms with Gasteiger partial charge in [0.15, 0.2) is 0 Å². The molecule has 0 aliphatic carbocycles. The Labute approximate surface area is 118 Å². The fraction of sp³-hybridized carbons (Fsp3) is 0.571. The molecule has 2 nitrogen and oxygen atoms in total. The zero-order valence-corrected chi connectivity index (χ0v) is 11.9. The van der Waals surface area contributed by atoms with Crippen LogP contribution in [0.2, 0.25) is 10.0 Å². The zero-order chi connectivity index (χ0) is 13.1. The van der Waals surface area contributed by atoms with E-state index in [1.807, 2.05) is 12.1 Å². The van der Waals surface area contributed by atoms with Gasteiger partial charge in [-0.05, 0) is 37.0 Å². The van der Waals surface area contributed by atoms with E-state index in [2.05, 4.69) is 6.92 Å². The highest BCUT2D eigenvalue weighted by atomic mass is 35.5. The molecule has 0 bridgehead atoms. The van der Waals surface area contributed by atoms with E-state index in [0.29, 0.717) is 16.5 Å². The van der Waals surface area contributed by atoms with E-state index in [1.54, 1.807) is 6.07 Å². The first-order chi connectivity index (χ1) is 8.61. The maximum absolute atomic E-state index is 10.3. The monoisotopic (exact) mass is 288 g/mol. The number of hydrogen-bond donors (Lipinski definition) is 1. The summed E-state index contributed by atoms with van der Waals surface area (Å²) in [5.41, 5.74) is 1.01. The summed E-state index contributed by atoms with van der Waals surface area (Å²) >= 11 is 11.9. The second kappa shape index (κ2) is 6.25. The van der Waals surface area contributed by atoms with Gasteiger partial charge in [-0.15, -0.1) is 0 Å². The molecule has 1 heterocycles. The van der Waals surface area contributed by atoms with Gasteiger partial charge in [0.1, 0.15) is 0 Å². The molecule has 1 aliphatic rings. The summed E-state index contributed by atoms with van der Waals surface area (Å²) in [6.07, 6.45) is 2.28. The van der Waals surface area contributed by atoms with Crippen molar-refractivity contribution in [1.29, 1.82) is 0 Å². The van der Waals surface area contributed by atoms with Crippen molar-refractivity contribution in [3.63, 3.8) is 0 Å². The molecule has 0 radical (unpaired) electrons. The third kappa shape index (κ3) is 3.18. The van der Waals surface area contributed by atoms with Crippen molar-refractivity contribution < 1.29 is 9.84 Å². The van der Waals surface area contributed by atoms with Crippen LogP contribution in [0.15, 0.2) is 18.2 Å². The van der Waals surface area contributed by atoms with Crippen molar-refractivity contribution in [2.24, 2.45) is 5.92 Å². The molecule has 0 aromatic heterocycles. The smallest absolute Gasteiger partial charge is 0.0634 e. The standard InChI is InChI=1S/C14H18Cl2O2/c1-2-14-10(5-6-18-14)13(17)8-9-3-4-11(15)12(16)7-9/h3-4,7,10,13-14,17H,2,5-6,8H2,1H3. The van der Waals surface area contributed by atoms with Gasteiger partial charge in [0, 0.05) is 12.5 Å². The fourth-order valence-corrected chi connectivity index (χ4v) is 2.91. The van der Waals surface area contributed by atoms with Gasteiger partial charge in [0.2, 0.25) is 0 Å². The molecule has 3 unspecified atom stereocenters. The summed E-state index contributed by atoms with van der Waals surface area (Å²) in [5.74, 6) is 0.226. The summed E-state index contributed by atoms with van der Waals surface area (Å²) in [6.45, 7) is 2.84. The first kappa shape index (κ1) is 14.1. The summed E-state index contributed by atoms with van der Waals surface area (Å²) in [5, 5.41) is 11.4. The van der Waals surface area contributed by atoms with Crippen LogP contribution in [-0.2, 0) is 11.2 Å². The normalized spacial score (nSPS) is 25.3. The number of aliphatic hydroxyl groups excluding tert-OH is 1. The highest BCUT2D eigenvalue weighted by Gasteiger charge is 2.32. The molecule has 3 atom stereocenters. The number of rotatable bonds is 4. The summed E-state index contributed by atoms with van der Waals surface area (Å²) in [4.78, 5) is 0. The van der Waals surface area contributed by atoms with Crippen LogP contribution in [0.5, 0.6) is 0 Å². The molecule has 1 aliphatic heterocycles. The van der Waals surface area contributed by atoms with Crippen molar-refractivity contribution in [3.8, 4) is 0 Å². The van der Waals surface area contributed by atoms with E-state index in [0.717, 1.165) is 25.0 Å². The molecule has 0 amide bonds. The van der Waals surface area contributed by atoms with Crippen molar-refractivity contribution >= 4 is 23.2 Å². The molecule has 18 heavy (non-hydrogen) atoms. The van der Waals surface area contributed by atoms with Gasteiger partial charge in [-0.25, -0.2) is 0 Å². The third-order valence-corrected chi connectivity index (χ3v) is 4.33. The van der Waals surface area contributed by atoms with Gasteiger partial charge < -0.3 is 9.84 Å². The minimum Gasteiger partial charge on any atom is -0.392 e. The molecule has 2 rings (SSSR count). The van der Waals surface area contributed by atoms with Gasteiger partial charge in [-0.2, -0.15) is 0 Å². The van der Waals surface area contributed by atoms with Crippen LogP contribution in [0, 0.1) is 5.92 Å². The molecule has 100 valence electrons. The quantitative estimate of drug-likeness (QED) is 0.915. The predicted octanol–water partition coefficient (Wildman–Crippen LogP) is 3.71. The van der Waals surface area contributed by atoms with E-state index >= 15 is 0 Å². The molecular weight excluding hydrogens is 271 g/mol. The summed E-state index contributed by atoms with van der Waals surface area (Å²) < 4.78 is 5.61. The Hall–Kier alpha value is -0.280. The minimum atomic E-state index is -0.380. The number of hydrogen-bond acceptors (Lipinski definition) is 2. The van der Waals surface area contributed by atoms with Crippen LogP contribution in [0.3, 0.4) is 0 Å². The van der Waals surface area contributed by atoms with E-state index in [9.17, 15) is 5.11 Å². The number of ether oxygens (including phenoxy) is 1. The van der Waals surface area contributed by atoms with Crippen LogP contribution in [0.4, 0.5) is 0 Å². The van der Waals surface area contributed by atoms with Gasteiger partial charge in [0.25, 0.3) is 0 Å². The largest absolute Gasteiger partial charge is 0.392 e. The lowest BCUT2D eigenvalue weighted by Gasteiger charge is -2.22. The topological polar surface area (TPSA) is 29.5 Å². The Balaban J connectivity index is 2.02. The average Bonchev–Trinajstić information content (AvgIpc) is 2.82. The number of aliphatic hydroxyl groups is 1. The van der Waals surface area contributed by atoms with Crippen molar-refractivity contribution in [2.45, 2.75) is 38.4 Å². The molecule has 1 saturated heterocycles. The third-order valence-electron chi connectivity index (χ3n) is 3.59. The van der Waals surface area contributed by atoms with E-state index in [4.69, 9.17) is 27.9 Å². The van der Waals surface area contributed by atoms with Gasteiger partial charge in [0.05, 0.1) is 22.3 Å². The lowest BCUT2D eigenvalue weighted by Crippen LogP contribution is -2.29. The molecular formula is C14H18Cl2O2. The van der Waals surface area contributed by atoms with E-state index < -0.39 is 0 Å². The van der Waals surface area contributed by atoms with Crippen LogP contribution >= 0.6 is 23.2 Å². The maximum atomic E-state index is 10.3. The van der Waals surface area contributed by atoms with Crippen molar-refractivity contribution in [3.05, 3.63) is 33.8 Å². The SMILES string of the molecule is CCC1OCCC1C(O)Cc1ccc(Cl)c(Cl)c1. The van der Waals surface area contributed by atoms with Gasteiger partial charge in [-0.3, -0.25) is 0 Å². The molecule has 0 saturated carbocycles. The molecule has 1 aromatic rings. The second-order valence-corrected chi connectivity index (χ2v) is 5.60. The lowest BCUT2D eigenvalue weighted by molar-refractivity contribution is 0.0318. The van der Waals surface area contributed by atoms with Crippen LogP contribution < -0.4 is 0 Å². The Morgan fingerprint density at radius 3 is 2.83 bits per heavy atom. The summed E-state index contributed by atoms with van der Waals surface area (Å²) in [7, 11) is 0. The number of halogens is 2. The molecule has 1 N–H and O–H groups in total. The first-order valence-corrected chi connectivity index (χ1v) is 7.11. The maximum Gasteiger partial charge on any atom is 0.0634 e. The Kier molecular flexibility index (Phi) is 4.91. The van der Waals surface area contributed by atoms with Crippen LogP contribution in [0.1, 0.15) is 25.3 Å². The van der Waals surface area contributed by atoms with Gasteiger partial charge >= 0.3 is 0 Å². The van der Waals surface area contributed by atoms with Crippen molar-refractivity contribution in [2.75, 3.05) is 6.61 Å². The predicted molar refractivity (Wildman–Crippen MR) is 74.3 cm³/mol. The zero-order valence-electron chi connectivity index (χ0n) is 10.4. The van der Waals surface area contributed by atoms with Crippen molar-refractivity contribution in [1.82, 2.24) is 0 Å². The van der Waals surface area contributed by atoms with E-state index in [1.165, 1.54) is 0 Å². The first-order valence-electron chi connectivity index (χ1n) is 6.35. The second-order valence-electron chi connectivity index (χ2n) is 4.79. The fourth-order valence-electron chi connectivity index (χ4n) is 2.59. The molecule has 1 fully saturated rings. The van der Waals surface area contributed by atoms with E-state index in [-0.39, 0.29) is 18.1 Å². The molecule has 1 aromatic carbocycles.